The fourth-order valence-electron chi connectivity index (χ4n) is 4.85. The Morgan fingerprint density at radius 1 is 1.08 bits per heavy atom. The minimum Gasteiger partial charge on any atom is -0.352 e. The highest BCUT2D eigenvalue weighted by molar-refractivity contribution is 7.89. The van der Waals surface area contributed by atoms with E-state index in [1.165, 1.54) is 31.7 Å². The Hall–Kier alpha value is -1.40. The largest absolute Gasteiger partial charge is 0.352 e. The Kier molecular flexibility index (Phi) is 6.03. The Labute approximate surface area is 156 Å². The average Bonchev–Trinajstić information content (AvgIpc) is 2.67. The van der Waals surface area contributed by atoms with Gasteiger partial charge >= 0.3 is 0 Å². The lowest BCUT2D eigenvalue weighted by atomic mass is 9.61. The predicted octanol–water partition coefficient (Wildman–Crippen LogP) is 3.48. The first-order valence-corrected chi connectivity index (χ1v) is 11.4. The number of hydrogen-bond acceptors (Lipinski definition) is 3. The highest BCUT2D eigenvalue weighted by Crippen LogP contribution is 2.48. The van der Waals surface area contributed by atoms with Gasteiger partial charge in [-0.15, -0.1) is 0 Å². The molecule has 0 atom stereocenters. The summed E-state index contributed by atoms with van der Waals surface area (Å²) in [5.74, 6) is 0.650. The lowest BCUT2D eigenvalue weighted by Gasteiger charge is -2.44. The molecule has 5 nitrogen and oxygen atoms in total. The van der Waals surface area contributed by atoms with Crippen LogP contribution < -0.4 is 10.5 Å². The van der Waals surface area contributed by atoms with Crippen LogP contribution in [0.3, 0.4) is 0 Å². The van der Waals surface area contributed by atoms with E-state index >= 15 is 0 Å². The average molecular weight is 379 g/mol. The third-order valence-corrected chi connectivity index (χ3v) is 7.18. The van der Waals surface area contributed by atoms with E-state index in [-0.39, 0.29) is 16.2 Å². The van der Waals surface area contributed by atoms with Crippen molar-refractivity contribution in [3.8, 4) is 0 Å². The zero-order valence-electron chi connectivity index (χ0n) is 15.4. The topological polar surface area (TPSA) is 89.3 Å². The zero-order valence-corrected chi connectivity index (χ0v) is 16.2. The van der Waals surface area contributed by atoms with E-state index in [1.807, 2.05) is 6.07 Å². The first-order valence-electron chi connectivity index (χ1n) is 9.82. The first kappa shape index (κ1) is 19.4. The van der Waals surface area contributed by atoms with E-state index < -0.39 is 10.0 Å². The van der Waals surface area contributed by atoms with Gasteiger partial charge in [-0.3, -0.25) is 4.79 Å². The van der Waals surface area contributed by atoms with Gasteiger partial charge < -0.3 is 5.32 Å². The number of primary sulfonamides is 1. The smallest absolute Gasteiger partial charge is 0.238 e. The molecule has 0 saturated heterocycles. The number of rotatable bonds is 5. The molecule has 2 fully saturated rings. The van der Waals surface area contributed by atoms with E-state index in [2.05, 4.69) is 5.32 Å². The molecular weight excluding hydrogens is 348 g/mol. The van der Waals surface area contributed by atoms with Gasteiger partial charge in [0.2, 0.25) is 15.9 Å². The van der Waals surface area contributed by atoms with Gasteiger partial charge in [-0.05, 0) is 49.3 Å². The summed E-state index contributed by atoms with van der Waals surface area (Å²) in [5, 5.41) is 8.31. The molecule has 3 N–H and O–H groups in total. The molecule has 0 aliphatic heterocycles. The van der Waals surface area contributed by atoms with Gasteiger partial charge in [-0.1, -0.05) is 50.7 Å². The van der Waals surface area contributed by atoms with E-state index in [9.17, 15) is 13.2 Å². The van der Waals surface area contributed by atoms with Gasteiger partial charge in [-0.2, -0.15) is 0 Å². The van der Waals surface area contributed by atoms with Crippen molar-refractivity contribution in [2.24, 2.45) is 16.5 Å². The van der Waals surface area contributed by atoms with Crippen LogP contribution >= 0.6 is 0 Å². The standard InChI is InChI=1S/C20H30N2O3S/c21-26(24,25)18-11-7-8-16(14-18)15-22-19(23)20(12-5-2-6-13-20)17-9-3-1-4-10-17/h7-8,11,14,17H,1-6,9-10,12-13,15H2,(H,22,23)(H2,21,24,25). The molecule has 0 aromatic heterocycles. The fourth-order valence-corrected chi connectivity index (χ4v) is 5.43. The highest BCUT2D eigenvalue weighted by Gasteiger charge is 2.45. The van der Waals surface area contributed by atoms with Crippen LogP contribution in [-0.4, -0.2) is 14.3 Å². The molecule has 0 spiro atoms. The molecular formula is C20H30N2O3S. The normalized spacial score (nSPS) is 21.3. The van der Waals surface area contributed by atoms with Gasteiger partial charge in [-0.25, -0.2) is 13.6 Å². The summed E-state index contributed by atoms with van der Waals surface area (Å²) in [6.07, 6.45) is 11.5. The molecule has 1 aromatic rings. The van der Waals surface area contributed by atoms with Crippen LogP contribution in [0.2, 0.25) is 0 Å². The lowest BCUT2D eigenvalue weighted by molar-refractivity contribution is -0.138. The van der Waals surface area contributed by atoms with Gasteiger partial charge in [0.15, 0.2) is 0 Å². The SMILES string of the molecule is NS(=O)(=O)c1cccc(CNC(=O)C2(C3CCCCC3)CCCCC2)c1. The molecule has 1 aromatic carbocycles. The molecule has 26 heavy (non-hydrogen) atoms. The van der Waals surface area contributed by atoms with E-state index in [4.69, 9.17) is 5.14 Å². The Balaban J connectivity index is 1.72. The first-order chi connectivity index (χ1) is 12.4. The van der Waals surface area contributed by atoms with Crippen molar-refractivity contribution in [1.82, 2.24) is 5.32 Å². The van der Waals surface area contributed by atoms with Crippen molar-refractivity contribution < 1.29 is 13.2 Å². The number of sulfonamides is 1. The number of nitrogens with one attached hydrogen (secondary N) is 1. The minimum atomic E-state index is -3.73. The number of amides is 1. The predicted molar refractivity (Wildman–Crippen MR) is 102 cm³/mol. The molecule has 0 radical (unpaired) electrons. The van der Waals surface area contributed by atoms with Crippen molar-refractivity contribution in [1.29, 1.82) is 0 Å². The summed E-state index contributed by atoms with van der Waals surface area (Å²) >= 11 is 0. The third-order valence-electron chi connectivity index (χ3n) is 6.26. The van der Waals surface area contributed by atoms with Crippen LogP contribution in [0.25, 0.3) is 0 Å². The maximum absolute atomic E-state index is 13.2. The Morgan fingerprint density at radius 3 is 2.38 bits per heavy atom. The van der Waals surface area contributed by atoms with Crippen LogP contribution in [0.4, 0.5) is 0 Å². The molecule has 3 rings (SSSR count). The van der Waals surface area contributed by atoms with Crippen LogP contribution in [0, 0.1) is 11.3 Å². The molecule has 2 saturated carbocycles. The summed E-state index contributed by atoms with van der Waals surface area (Å²) in [5.41, 5.74) is 0.537. The Morgan fingerprint density at radius 2 is 1.73 bits per heavy atom. The maximum Gasteiger partial charge on any atom is 0.238 e. The molecule has 2 aliphatic carbocycles. The van der Waals surface area contributed by atoms with Gasteiger partial charge in [0.1, 0.15) is 0 Å². The molecule has 144 valence electrons. The number of nitrogens with two attached hydrogens (primary N) is 1. The molecule has 0 bridgehead atoms. The summed E-state index contributed by atoms with van der Waals surface area (Å²) in [4.78, 5) is 13.3. The number of benzene rings is 1. The second-order valence-electron chi connectivity index (χ2n) is 7.93. The van der Waals surface area contributed by atoms with Crippen LogP contribution in [0.5, 0.6) is 0 Å². The van der Waals surface area contributed by atoms with Crippen LogP contribution in [-0.2, 0) is 21.4 Å². The molecule has 0 heterocycles. The molecule has 2 aliphatic rings. The quantitative estimate of drug-likeness (QED) is 0.822. The fraction of sp³-hybridized carbons (Fsp3) is 0.650. The van der Waals surface area contributed by atoms with Crippen molar-refractivity contribution in [2.75, 3.05) is 0 Å². The number of carbonyl (C=O) groups excluding carboxylic acids is 1. The van der Waals surface area contributed by atoms with E-state index in [0.717, 1.165) is 44.1 Å². The lowest BCUT2D eigenvalue weighted by Crippen LogP contribution is -2.47. The summed E-state index contributed by atoms with van der Waals surface area (Å²) in [6, 6.07) is 6.51. The van der Waals surface area contributed by atoms with Gasteiger partial charge in [0, 0.05) is 6.54 Å². The monoisotopic (exact) mass is 378 g/mol. The molecule has 0 unspecified atom stereocenters. The maximum atomic E-state index is 13.2. The second-order valence-corrected chi connectivity index (χ2v) is 9.49. The minimum absolute atomic E-state index is 0.0870. The molecule has 6 heteroatoms. The van der Waals surface area contributed by atoms with Crippen molar-refractivity contribution in [2.45, 2.75) is 75.6 Å². The summed E-state index contributed by atoms with van der Waals surface area (Å²) in [7, 11) is -3.73. The van der Waals surface area contributed by atoms with Crippen LogP contribution in [0.1, 0.15) is 69.8 Å². The number of carbonyl (C=O) groups is 1. The zero-order chi connectivity index (χ0) is 18.6. The van der Waals surface area contributed by atoms with Crippen molar-refractivity contribution in [3.05, 3.63) is 29.8 Å². The Bertz CT molecular complexity index is 733. The van der Waals surface area contributed by atoms with Gasteiger partial charge in [0.25, 0.3) is 0 Å². The summed E-state index contributed by atoms with van der Waals surface area (Å²) < 4.78 is 23.0. The van der Waals surface area contributed by atoms with E-state index in [1.54, 1.807) is 12.1 Å². The van der Waals surface area contributed by atoms with Gasteiger partial charge in [0.05, 0.1) is 10.3 Å². The van der Waals surface area contributed by atoms with Crippen molar-refractivity contribution in [3.63, 3.8) is 0 Å². The van der Waals surface area contributed by atoms with Crippen LogP contribution in [0.15, 0.2) is 29.2 Å². The third kappa shape index (κ3) is 4.29. The van der Waals surface area contributed by atoms with Crippen molar-refractivity contribution >= 4 is 15.9 Å². The summed E-state index contributed by atoms with van der Waals surface area (Å²) in [6.45, 7) is 0.344. The van der Waals surface area contributed by atoms with E-state index in [0.29, 0.717) is 12.5 Å². The number of hydrogen-bond donors (Lipinski definition) is 2. The molecule has 1 amide bonds. The highest BCUT2D eigenvalue weighted by atomic mass is 32.2. The second kappa shape index (κ2) is 8.09.